The summed E-state index contributed by atoms with van der Waals surface area (Å²) in [5, 5.41) is 0.425. The summed E-state index contributed by atoms with van der Waals surface area (Å²) in [4.78, 5) is 10.4. The number of alkyl halides is 1. The molecule has 0 atom stereocenters. The van der Waals surface area contributed by atoms with Gasteiger partial charge in [0.15, 0.2) is 0 Å². The molecule has 4 nitrogen and oxygen atoms in total. The van der Waals surface area contributed by atoms with Crippen LogP contribution in [0.15, 0.2) is 6.33 Å². The molecule has 1 aromatic rings. The van der Waals surface area contributed by atoms with E-state index in [-0.39, 0.29) is 5.60 Å². The fraction of sp³-hybridized carbons (Fsp3) is 0.636. The van der Waals surface area contributed by atoms with Crippen LogP contribution in [0.25, 0.3) is 0 Å². The zero-order valence-electron chi connectivity index (χ0n) is 9.91. The van der Waals surface area contributed by atoms with Crippen LogP contribution >= 0.6 is 23.2 Å². The first-order valence-electron chi connectivity index (χ1n) is 5.48. The molecule has 94 valence electrons. The zero-order chi connectivity index (χ0) is 12.5. The highest BCUT2D eigenvalue weighted by Crippen LogP contribution is 2.28. The number of hydrogen-bond acceptors (Lipinski definition) is 4. The largest absolute Gasteiger partial charge is 0.372 e. The van der Waals surface area contributed by atoms with Crippen molar-refractivity contribution in [1.82, 2.24) is 9.97 Å². The van der Waals surface area contributed by atoms with Gasteiger partial charge in [-0.1, -0.05) is 11.6 Å². The highest BCUT2D eigenvalue weighted by molar-refractivity contribution is 6.31. The molecule has 0 radical (unpaired) electrons. The van der Waals surface area contributed by atoms with Gasteiger partial charge in [0.2, 0.25) is 0 Å². The monoisotopic (exact) mass is 275 g/mol. The summed E-state index contributed by atoms with van der Waals surface area (Å²) in [6, 6.07) is 0. The SMILES string of the molecule is CC1(C)CN(c2ncnc(Cl)c2CCl)CCO1. The first-order chi connectivity index (χ1) is 8.03. The molecule has 0 saturated carbocycles. The molecule has 1 saturated heterocycles. The van der Waals surface area contributed by atoms with Crippen molar-refractivity contribution >= 4 is 29.0 Å². The fourth-order valence-corrected chi connectivity index (χ4v) is 2.48. The van der Waals surface area contributed by atoms with Crippen LogP contribution in [0.2, 0.25) is 5.15 Å². The number of hydrogen-bond donors (Lipinski definition) is 0. The van der Waals surface area contributed by atoms with Crippen molar-refractivity contribution in [2.45, 2.75) is 25.3 Å². The Morgan fingerprint density at radius 3 is 2.88 bits per heavy atom. The van der Waals surface area contributed by atoms with Crippen LogP contribution < -0.4 is 4.90 Å². The first-order valence-corrected chi connectivity index (χ1v) is 6.39. The lowest BCUT2D eigenvalue weighted by atomic mass is 10.1. The topological polar surface area (TPSA) is 38.2 Å². The third-order valence-corrected chi connectivity index (χ3v) is 3.32. The number of halogens is 2. The highest BCUT2D eigenvalue weighted by Gasteiger charge is 2.29. The van der Waals surface area contributed by atoms with Crippen molar-refractivity contribution in [1.29, 1.82) is 0 Å². The molecule has 1 aliphatic heterocycles. The van der Waals surface area contributed by atoms with Crippen molar-refractivity contribution in [2.24, 2.45) is 0 Å². The van der Waals surface area contributed by atoms with Crippen LogP contribution in [0.3, 0.4) is 0 Å². The van der Waals surface area contributed by atoms with Crippen molar-refractivity contribution in [3.8, 4) is 0 Å². The minimum atomic E-state index is -0.181. The Morgan fingerprint density at radius 2 is 2.24 bits per heavy atom. The van der Waals surface area contributed by atoms with Gasteiger partial charge in [-0.3, -0.25) is 0 Å². The van der Waals surface area contributed by atoms with Crippen LogP contribution in [0, 0.1) is 0 Å². The van der Waals surface area contributed by atoms with E-state index >= 15 is 0 Å². The summed E-state index contributed by atoms with van der Waals surface area (Å²) in [5.41, 5.74) is 0.604. The lowest BCUT2D eigenvalue weighted by molar-refractivity contribution is -0.0279. The van der Waals surface area contributed by atoms with Crippen LogP contribution in [0.5, 0.6) is 0 Å². The molecule has 17 heavy (non-hydrogen) atoms. The summed E-state index contributed by atoms with van der Waals surface area (Å²) in [6.45, 7) is 6.35. The van der Waals surface area contributed by atoms with E-state index in [0.29, 0.717) is 17.6 Å². The molecule has 0 N–H and O–H groups in total. The van der Waals surface area contributed by atoms with Gasteiger partial charge < -0.3 is 9.64 Å². The van der Waals surface area contributed by atoms with Crippen molar-refractivity contribution in [2.75, 3.05) is 24.6 Å². The maximum absolute atomic E-state index is 6.03. The molecule has 0 unspecified atom stereocenters. The van der Waals surface area contributed by atoms with Crippen LogP contribution in [0.1, 0.15) is 19.4 Å². The average molecular weight is 276 g/mol. The molecule has 1 aromatic heterocycles. The highest BCUT2D eigenvalue weighted by atomic mass is 35.5. The molecule has 2 rings (SSSR count). The number of morpholine rings is 1. The maximum Gasteiger partial charge on any atom is 0.138 e. The normalized spacial score (nSPS) is 19.4. The van der Waals surface area contributed by atoms with Crippen LogP contribution in [-0.2, 0) is 10.6 Å². The lowest BCUT2D eigenvalue weighted by Gasteiger charge is -2.39. The second kappa shape index (κ2) is 4.96. The first kappa shape index (κ1) is 12.9. The second-order valence-electron chi connectivity index (χ2n) is 4.63. The van der Waals surface area contributed by atoms with E-state index in [0.717, 1.165) is 24.5 Å². The van der Waals surface area contributed by atoms with E-state index < -0.39 is 0 Å². The summed E-state index contributed by atoms with van der Waals surface area (Å²) in [5.74, 6) is 1.13. The van der Waals surface area contributed by atoms with Gasteiger partial charge in [-0.25, -0.2) is 9.97 Å². The molecule has 1 aliphatic rings. The summed E-state index contributed by atoms with van der Waals surface area (Å²) in [6.07, 6.45) is 1.47. The van der Waals surface area contributed by atoms with Gasteiger partial charge in [-0.15, -0.1) is 11.6 Å². The minimum absolute atomic E-state index is 0.181. The number of ether oxygens (including phenoxy) is 1. The Kier molecular flexibility index (Phi) is 3.76. The Labute approximate surface area is 111 Å². The predicted octanol–water partition coefficient (Wildman–Crippen LogP) is 2.48. The number of nitrogens with zero attached hydrogens (tertiary/aromatic N) is 3. The Bertz CT molecular complexity index is 412. The molecule has 0 bridgehead atoms. The Hall–Kier alpha value is -0.580. The minimum Gasteiger partial charge on any atom is -0.372 e. The van der Waals surface area contributed by atoms with E-state index in [1.807, 2.05) is 0 Å². The molecule has 6 heteroatoms. The molecule has 0 aromatic carbocycles. The third-order valence-electron chi connectivity index (χ3n) is 2.73. The average Bonchev–Trinajstić information content (AvgIpc) is 2.27. The van der Waals surface area contributed by atoms with Gasteiger partial charge in [0.25, 0.3) is 0 Å². The molecule has 2 heterocycles. The summed E-state index contributed by atoms with van der Waals surface area (Å²) >= 11 is 11.9. The standard InChI is InChI=1S/C11H15Cl2N3O/c1-11(2)6-16(3-4-17-11)10-8(5-12)9(13)14-7-15-10/h7H,3-6H2,1-2H3. The molecule has 1 fully saturated rings. The van der Waals surface area contributed by atoms with E-state index in [2.05, 4.69) is 28.7 Å². The number of aromatic nitrogens is 2. The molecule has 0 amide bonds. The van der Waals surface area contributed by atoms with Crippen LogP contribution in [-0.4, -0.2) is 35.3 Å². The van der Waals surface area contributed by atoms with Crippen molar-refractivity contribution in [3.05, 3.63) is 17.0 Å². The van der Waals surface area contributed by atoms with E-state index in [9.17, 15) is 0 Å². The second-order valence-corrected chi connectivity index (χ2v) is 5.26. The van der Waals surface area contributed by atoms with E-state index in [1.54, 1.807) is 0 Å². The van der Waals surface area contributed by atoms with Gasteiger partial charge in [0.1, 0.15) is 17.3 Å². The van der Waals surface area contributed by atoms with Crippen molar-refractivity contribution < 1.29 is 4.74 Å². The third kappa shape index (κ3) is 2.81. The number of rotatable bonds is 2. The lowest BCUT2D eigenvalue weighted by Crippen LogP contribution is -2.49. The summed E-state index contributed by atoms with van der Waals surface area (Å²) < 4.78 is 5.67. The van der Waals surface area contributed by atoms with Crippen molar-refractivity contribution in [3.63, 3.8) is 0 Å². The Balaban J connectivity index is 2.30. The molecule has 0 spiro atoms. The quantitative estimate of drug-likeness (QED) is 0.614. The fourth-order valence-electron chi connectivity index (χ4n) is 1.97. The molecule has 0 aliphatic carbocycles. The van der Waals surface area contributed by atoms with Gasteiger partial charge in [-0.05, 0) is 13.8 Å². The van der Waals surface area contributed by atoms with Crippen LogP contribution in [0.4, 0.5) is 5.82 Å². The molecular formula is C11H15Cl2N3O. The van der Waals surface area contributed by atoms with Gasteiger partial charge >= 0.3 is 0 Å². The zero-order valence-corrected chi connectivity index (χ0v) is 11.4. The van der Waals surface area contributed by atoms with Gasteiger partial charge in [0.05, 0.1) is 18.1 Å². The summed E-state index contributed by atoms with van der Waals surface area (Å²) in [7, 11) is 0. The maximum atomic E-state index is 6.03. The molecular weight excluding hydrogens is 261 g/mol. The predicted molar refractivity (Wildman–Crippen MR) is 68.8 cm³/mol. The van der Waals surface area contributed by atoms with E-state index in [4.69, 9.17) is 27.9 Å². The smallest absolute Gasteiger partial charge is 0.138 e. The van der Waals surface area contributed by atoms with Gasteiger partial charge in [-0.2, -0.15) is 0 Å². The number of anilines is 1. The van der Waals surface area contributed by atoms with E-state index in [1.165, 1.54) is 6.33 Å². The Morgan fingerprint density at radius 1 is 1.47 bits per heavy atom. The van der Waals surface area contributed by atoms with Gasteiger partial charge in [0, 0.05) is 18.7 Å².